The van der Waals surface area contributed by atoms with Crippen LogP contribution in [0.4, 0.5) is 5.69 Å². The molecule has 0 amide bonds. The summed E-state index contributed by atoms with van der Waals surface area (Å²) in [6.45, 7) is 7.01. The van der Waals surface area contributed by atoms with E-state index in [-0.39, 0.29) is 0 Å². The Morgan fingerprint density at radius 2 is 1.90 bits per heavy atom. The number of hydrogen-bond donors (Lipinski definition) is 1. The summed E-state index contributed by atoms with van der Waals surface area (Å²) < 4.78 is 0. The Morgan fingerprint density at radius 3 is 2.50 bits per heavy atom. The van der Waals surface area contributed by atoms with Gasteiger partial charge in [0.25, 0.3) is 0 Å². The Hall–Kier alpha value is -1.02. The molecule has 0 aromatic heterocycles. The van der Waals surface area contributed by atoms with Crippen LogP contribution in [0.25, 0.3) is 0 Å². The van der Waals surface area contributed by atoms with Crippen LogP contribution in [0.5, 0.6) is 0 Å². The summed E-state index contributed by atoms with van der Waals surface area (Å²) in [7, 11) is 2.07. The minimum Gasteiger partial charge on any atom is -0.371 e. The van der Waals surface area contributed by atoms with Crippen LogP contribution in [0, 0.1) is 5.92 Å². The van der Waals surface area contributed by atoms with Gasteiger partial charge in [0.2, 0.25) is 0 Å². The summed E-state index contributed by atoms with van der Waals surface area (Å²) in [6, 6.07) is 9.41. The lowest BCUT2D eigenvalue weighted by Gasteiger charge is -2.35. The summed E-state index contributed by atoms with van der Waals surface area (Å²) in [5, 5.41) is 3.45. The molecular formula is C18H30N2. The van der Waals surface area contributed by atoms with Gasteiger partial charge < -0.3 is 10.2 Å². The van der Waals surface area contributed by atoms with Crippen LogP contribution >= 0.6 is 0 Å². The third-order valence-corrected chi connectivity index (χ3v) is 4.72. The Balaban J connectivity index is 2.09. The van der Waals surface area contributed by atoms with Crippen molar-refractivity contribution in [1.82, 2.24) is 5.32 Å². The fourth-order valence-electron chi connectivity index (χ4n) is 3.52. The maximum absolute atomic E-state index is 3.45. The molecule has 1 unspecified atom stereocenters. The number of nitrogens with zero attached hydrogens (tertiary/aromatic N) is 1. The first-order valence-corrected chi connectivity index (χ1v) is 8.31. The molecule has 1 aliphatic rings. The monoisotopic (exact) mass is 274 g/mol. The highest BCUT2D eigenvalue weighted by atomic mass is 15.1. The molecule has 1 N–H and O–H groups in total. The van der Waals surface area contributed by atoms with Crippen LogP contribution in [0.2, 0.25) is 0 Å². The van der Waals surface area contributed by atoms with Crippen LogP contribution in [-0.2, 0) is 0 Å². The molecule has 1 atom stereocenters. The van der Waals surface area contributed by atoms with Crippen LogP contribution in [0.1, 0.15) is 57.6 Å². The number of para-hydroxylation sites is 1. The molecule has 1 fully saturated rings. The highest BCUT2D eigenvalue weighted by Crippen LogP contribution is 2.32. The number of rotatable bonds is 6. The van der Waals surface area contributed by atoms with Gasteiger partial charge in [-0.25, -0.2) is 0 Å². The largest absolute Gasteiger partial charge is 0.371 e. The van der Waals surface area contributed by atoms with Crippen LogP contribution in [-0.4, -0.2) is 20.1 Å². The van der Waals surface area contributed by atoms with Gasteiger partial charge >= 0.3 is 0 Å². The van der Waals surface area contributed by atoms with Gasteiger partial charge in [-0.3, -0.25) is 0 Å². The number of piperidine rings is 1. The van der Waals surface area contributed by atoms with Crippen LogP contribution in [0.15, 0.2) is 24.3 Å². The normalized spacial score (nSPS) is 18.2. The zero-order valence-electron chi connectivity index (χ0n) is 13.4. The van der Waals surface area contributed by atoms with Gasteiger partial charge in [0.1, 0.15) is 0 Å². The van der Waals surface area contributed by atoms with Gasteiger partial charge in [-0.15, -0.1) is 0 Å². The smallest absolute Gasteiger partial charge is 0.0414 e. The molecule has 1 aromatic rings. The number of nitrogens with one attached hydrogen (secondary N) is 1. The third-order valence-electron chi connectivity index (χ3n) is 4.72. The number of anilines is 1. The predicted octanol–water partition coefficient (Wildman–Crippen LogP) is 4.37. The molecule has 0 saturated carbocycles. The van der Waals surface area contributed by atoms with Crippen molar-refractivity contribution in [3.05, 3.63) is 29.8 Å². The Bertz CT molecular complexity index is 390. The van der Waals surface area contributed by atoms with E-state index in [0.717, 1.165) is 12.3 Å². The van der Waals surface area contributed by atoms with Crippen molar-refractivity contribution >= 4 is 5.69 Å². The predicted molar refractivity (Wildman–Crippen MR) is 88.4 cm³/mol. The Labute approximate surface area is 124 Å². The summed E-state index contributed by atoms with van der Waals surface area (Å²) in [5.74, 6) is 0.953. The SMILES string of the molecule is CCCC1CCN(c2ccccc2C(CC)NC)CC1. The zero-order chi connectivity index (χ0) is 14.4. The Kier molecular flexibility index (Phi) is 5.90. The lowest BCUT2D eigenvalue weighted by atomic mass is 9.91. The molecule has 1 saturated heterocycles. The maximum atomic E-state index is 3.45. The molecule has 1 aromatic carbocycles. The van der Waals surface area contributed by atoms with Gasteiger partial charge in [0, 0.05) is 24.8 Å². The van der Waals surface area contributed by atoms with E-state index in [1.54, 1.807) is 0 Å². The highest BCUT2D eigenvalue weighted by Gasteiger charge is 2.21. The highest BCUT2D eigenvalue weighted by molar-refractivity contribution is 5.55. The second-order valence-corrected chi connectivity index (χ2v) is 6.03. The molecule has 20 heavy (non-hydrogen) atoms. The van der Waals surface area contributed by atoms with Gasteiger partial charge in [-0.1, -0.05) is 44.9 Å². The molecule has 2 heteroatoms. The molecule has 0 aliphatic carbocycles. The summed E-state index contributed by atoms with van der Waals surface area (Å²) in [5.41, 5.74) is 2.91. The Morgan fingerprint density at radius 1 is 1.20 bits per heavy atom. The average molecular weight is 274 g/mol. The number of hydrogen-bond acceptors (Lipinski definition) is 2. The molecule has 112 valence electrons. The fourth-order valence-corrected chi connectivity index (χ4v) is 3.52. The van der Waals surface area contributed by atoms with E-state index in [0.29, 0.717) is 6.04 Å². The van der Waals surface area contributed by atoms with Crippen molar-refractivity contribution in [3.8, 4) is 0 Å². The van der Waals surface area contributed by atoms with Crippen LogP contribution in [0.3, 0.4) is 0 Å². The second-order valence-electron chi connectivity index (χ2n) is 6.03. The van der Waals surface area contributed by atoms with Crippen molar-refractivity contribution < 1.29 is 0 Å². The van der Waals surface area contributed by atoms with Crippen molar-refractivity contribution in [2.75, 3.05) is 25.0 Å². The zero-order valence-corrected chi connectivity index (χ0v) is 13.4. The van der Waals surface area contributed by atoms with Gasteiger partial charge in [-0.05, 0) is 43.9 Å². The van der Waals surface area contributed by atoms with Gasteiger partial charge in [0.15, 0.2) is 0 Å². The van der Waals surface area contributed by atoms with Gasteiger partial charge in [0.05, 0.1) is 0 Å². The van der Waals surface area contributed by atoms with E-state index in [4.69, 9.17) is 0 Å². The molecule has 1 heterocycles. The number of benzene rings is 1. The molecule has 1 aliphatic heterocycles. The molecule has 2 nitrogen and oxygen atoms in total. The average Bonchev–Trinajstić information content (AvgIpc) is 2.50. The van der Waals surface area contributed by atoms with Gasteiger partial charge in [-0.2, -0.15) is 0 Å². The van der Waals surface area contributed by atoms with E-state index < -0.39 is 0 Å². The fraction of sp³-hybridized carbons (Fsp3) is 0.667. The van der Waals surface area contributed by atoms with E-state index >= 15 is 0 Å². The summed E-state index contributed by atoms with van der Waals surface area (Å²) in [4.78, 5) is 2.60. The van der Waals surface area contributed by atoms with Crippen molar-refractivity contribution in [2.24, 2.45) is 5.92 Å². The molecule has 0 spiro atoms. The summed E-state index contributed by atoms with van der Waals surface area (Å²) >= 11 is 0. The molecule has 0 bridgehead atoms. The summed E-state index contributed by atoms with van der Waals surface area (Å²) in [6.07, 6.45) is 6.60. The first-order valence-electron chi connectivity index (χ1n) is 8.31. The second kappa shape index (κ2) is 7.68. The minimum absolute atomic E-state index is 0.472. The van der Waals surface area contributed by atoms with Crippen molar-refractivity contribution in [1.29, 1.82) is 0 Å². The lowest BCUT2D eigenvalue weighted by molar-refractivity contribution is 0.377. The first kappa shape index (κ1) is 15.4. The third kappa shape index (κ3) is 3.54. The molecular weight excluding hydrogens is 244 g/mol. The van der Waals surface area contributed by atoms with Crippen molar-refractivity contribution in [2.45, 2.75) is 52.0 Å². The van der Waals surface area contributed by atoms with E-state index in [1.807, 2.05) is 0 Å². The van der Waals surface area contributed by atoms with Crippen LogP contribution < -0.4 is 10.2 Å². The van der Waals surface area contributed by atoms with E-state index in [2.05, 4.69) is 55.4 Å². The molecule has 0 radical (unpaired) electrons. The first-order chi connectivity index (χ1) is 9.80. The topological polar surface area (TPSA) is 15.3 Å². The lowest BCUT2D eigenvalue weighted by Crippen LogP contribution is -2.35. The minimum atomic E-state index is 0.472. The maximum Gasteiger partial charge on any atom is 0.0414 e. The van der Waals surface area contributed by atoms with Crippen molar-refractivity contribution in [3.63, 3.8) is 0 Å². The molecule has 2 rings (SSSR count). The van der Waals surface area contributed by atoms with E-state index in [1.165, 1.54) is 50.0 Å². The quantitative estimate of drug-likeness (QED) is 0.828. The van der Waals surface area contributed by atoms with E-state index in [9.17, 15) is 0 Å². The standard InChI is InChI=1S/C18H30N2/c1-4-8-15-11-13-20(14-12-15)18-10-7-6-9-16(18)17(5-2)19-3/h6-7,9-10,15,17,19H,4-5,8,11-14H2,1-3H3.